The molecule has 156 valence electrons. The Hall–Kier alpha value is -3.81. The summed E-state index contributed by atoms with van der Waals surface area (Å²) in [5, 5.41) is 10.8. The number of rotatable bonds is 7. The second-order valence-electron chi connectivity index (χ2n) is 6.48. The van der Waals surface area contributed by atoms with E-state index in [0.29, 0.717) is 29.3 Å². The maximum Gasteiger partial charge on any atom is 0.331 e. The minimum absolute atomic E-state index is 0.0575. The molecule has 0 bridgehead atoms. The second-order valence-corrected chi connectivity index (χ2v) is 6.48. The van der Waals surface area contributed by atoms with Gasteiger partial charge >= 0.3 is 5.69 Å². The van der Waals surface area contributed by atoms with Crippen molar-refractivity contribution in [3.05, 3.63) is 80.5 Å². The first-order valence-corrected chi connectivity index (χ1v) is 9.38. The number of aromatic hydroxyl groups is 1. The van der Waals surface area contributed by atoms with E-state index in [1.165, 1.54) is 14.2 Å². The smallest absolute Gasteiger partial charge is 0.331 e. The molecule has 30 heavy (non-hydrogen) atoms. The van der Waals surface area contributed by atoms with Crippen LogP contribution in [0.2, 0.25) is 0 Å². The van der Waals surface area contributed by atoms with E-state index in [1.54, 1.807) is 25.1 Å². The molecule has 0 unspecified atom stereocenters. The van der Waals surface area contributed by atoms with Gasteiger partial charge in [-0.15, -0.1) is 0 Å². The minimum atomic E-state index is -0.704. The Morgan fingerprint density at radius 3 is 2.47 bits per heavy atom. The summed E-state index contributed by atoms with van der Waals surface area (Å²) in [5.41, 5.74) is 0.0921. The molecule has 0 saturated carbocycles. The number of benzene rings is 2. The molecule has 0 spiro atoms. The number of nitrogens with zero attached hydrogens (tertiary/aromatic N) is 2. The monoisotopic (exact) mass is 409 g/mol. The molecule has 3 aromatic rings. The molecule has 0 amide bonds. The van der Waals surface area contributed by atoms with E-state index in [0.717, 1.165) is 10.1 Å². The largest absolute Gasteiger partial charge is 0.497 e. The van der Waals surface area contributed by atoms with Gasteiger partial charge in [-0.2, -0.15) is 0 Å². The van der Waals surface area contributed by atoms with Gasteiger partial charge < -0.3 is 14.6 Å². The van der Waals surface area contributed by atoms with Crippen LogP contribution in [0.25, 0.3) is 0 Å². The fraction of sp³-hybridized carbons (Fsp3) is 0.227. The summed E-state index contributed by atoms with van der Waals surface area (Å²) < 4.78 is 11.7. The third kappa shape index (κ3) is 4.27. The highest BCUT2D eigenvalue weighted by molar-refractivity contribution is 6.03. The number of aromatic amines is 1. The highest BCUT2D eigenvalue weighted by Crippen LogP contribution is 2.32. The first-order chi connectivity index (χ1) is 14.5. The van der Waals surface area contributed by atoms with Gasteiger partial charge in [-0.05, 0) is 24.1 Å². The van der Waals surface area contributed by atoms with Crippen LogP contribution < -0.4 is 20.7 Å². The summed E-state index contributed by atoms with van der Waals surface area (Å²) in [6.45, 7) is 1.91. The summed E-state index contributed by atoms with van der Waals surface area (Å²) in [6, 6.07) is 14.3. The summed E-state index contributed by atoms with van der Waals surface area (Å²) in [5.74, 6) is 0.613. The molecule has 3 rings (SSSR count). The number of aliphatic imine (C=N–C) groups is 1. The number of hydrogen-bond donors (Lipinski definition) is 2. The lowest BCUT2D eigenvalue weighted by atomic mass is 10.1. The third-order valence-electron chi connectivity index (χ3n) is 4.62. The van der Waals surface area contributed by atoms with Crippen LogP contribution >= 0.6 is 0 Å². The minimum Gasteiger partial charge on any atom is -0.497 e. The van der Waals surface area contributed by atoms with Crippen molar-refractivity contribution in [1.29, 1.82) is 0 Å². The molecule has 1 heterocycles. The Labute approximate surface area is 173 Å². The summed E-state index contributed by atoms with van der Waals surface area (Å²) in [6.07, 6.45) is 0.334. The Bertz CT molecular complexity index is 1180. The zero-order chi connectivity index (χ0) is 21.7. The lowest BCUT2D eigenvalue weighted by molar-refractivity contribution is 0.404. The molecule has 0 radical (unpaired) electrons. The summed E-state index contributed by atoms with van der Waals surface area (Å²) in [7, 11) is 3.04. The lowest BCUT2D eigenvalue weighted by Gasteiger charge is -2.13. The summed E-state index contributed by atoms with van der Waals surface area (Å²) in [4.78, 5) is 31.7. The van der Waals surface area contributed by atoms with Gasteiger partial charge in [0.2, 0.25) is 5.88 Å². The summed E-state index contributed by atoms with van der Waals surface area (Å²) >= 11 is 0. The molecule has 0 aliphatic rings. The number of hydrogen-bond acceptors (Lipinski definition) is 6. The normalized spacial score (nSPS) is 11.4. The van der Waals surface area contributed by atoms with Crippen LogP contribution in [-0.2, 0) is 6.54 Å². The maximum atomic E-state index is 12.6. The highest BCUT2D eigenvalue weighted by Gasteiger charge is 2.19. The van der Waals surface area contributed by atoms with Crippen molar-refractivity contribution in [1.82, 2.24) is 9.55 Å². The molecule has 0 fully saturated rings. The van der Waals surface area contributed by atoms with Crippen molar-refractivity contribution in [2.24, 2.45) is 4.99 Å². The van der Waals surface area contributed by atoms with Gasteiger partial charge in [0.1, 0.15) is 22.7 Å². The van der Waals surface area contributed by atoms with Crippen LogP contribution in [0.1, 0.15) is 24.5 Å². The Kier molecular flexibility index (Phi) is 6.36. The Morgan fingerprint density at radius 1 is 1.10 bits per heavy atom. The first-order valence-electron chi connectivity index (χ1n) is 9.38. The van der Waals surface area contributed by atoms with E-state index in [4.69, 9.17) is 9.47 Å². The molecule has 8 nitrogen and oxygen atoms in total. The van der Waals surface area contributed by atoms with Crippen molar-refractivity contribution in [2.75, 3.05) is 14.2 Å². The average Bonchev–Trinajstić information content (AvgIpc) is 2.76. The van der Waals surface area contributed by atoms with Gasteiger partial charge in [0.25, 0.3) is 5.56 Å². The molecule has 0 aliphatic heterocycles. The van der Waals surface area contributed by atoms with Gasteiger partial charge in [-0.25, -0.2) is 9.79 Å². The van der Waals surface area contributed by atoms with Crippen LogP contribution in [0.4, 0.5) is 5.69 Å². The molecule has 0 aliphatic carbocycles. The van der Waals surface area contributed by atoms with Crippen molar-refractivity contribution in [3.63, 3.8) is 0 Å². The number of nitrogens with one attached hydrogen (secondary N) is 1. The molecule has 2 N–H and O–H groups in total. The zero-order valence-electron chi connectivity index (χ0n) is 17.0. The van der Waals surface area contributed by atoms with E-state index in [2.05, 4.69) is 9.98 Å². The van der Waals surface area contributed by atoms with Crippen LogP contribution in [-0.4, -0.2) is 34.6 Å². The van der Waals surface area contributed by atoms with Crippen molar-refractivity contribution >= 4 is 11.4 Å². The maximum absolute atomic E-state index is 12.6. The van der Waals surface area contributed by atoms with Gasteiger partial charge in [0.05, 0.1) is 26.5 Å². The van der Waals surface area contributed by atoms with Crippen molar-refractivity contribution in [2.45, 2.75) is 19.9 Å². The number of aromatic nitrogens is 2. The molecule has 0 atom stereocenters. The fourth-order valence-electron chi connectivity index (χ4n) is 3.07. The van der Waals surface area contributed by atoms with Gasteiger partial charge in [0, 0.05) is 6.07 Å². The van der Waals surface area contributed by atoms with E-state index < -0.39 is 17.1 Å². The van der Waals surface area contributed by atoms with Crippen LogP contribution in [0.15, 0.2) is 63.1 Å². The number of methoxy groups -OCH3 is 2. The fourth-order valence-corrected chi connectivity index (χ4v) is 3.07. The van der Waals surface area contributed by atoms with Gasteiger partial charge in [-0.1, -0.05) is 37.3 Å². The number of H-pyrrole nitrogens is 1. The highest BCUT2D eigenvalue weighted by atomic mass is 16.5. The molecular weight excluding hydrogens is 386 g/mol. The predicted molar refractivity (Wildman–Crippen MR) is 115 cm³/mol. The van der Waals surface area contributed by atoms with E-state index in [9.17, 15) is 14.7 Å². The molecule has 8 heteroatoms. The Balaban J connectivity index is 2.16. The van der Waals surface area contributed by atoms with Gasteiger partial charge in [0.15, 0.2) is 0 Å². The average molecular weight is 409 g/mol. The quantitative estimate of drug-likeness (QED) is 0.584. The Morgan fingerprint density at radius 2 is 1.83 bits per heavy atom. The van der Waals surface area contributed by atoms with E-state index in [-0.39, 0.29) is 12.1 Å². The molecular formula is C22H23N3O5. The predicted octanol–water partition coefficient (Wildman–Crippen LogP) is 2.84. The van der Waals surface area contributed by atoms with Crippen molar-refractivity contribution in [3.8, 4) is 17.4 Å². The van der Waals surface area contributed by atoms with Crippen LogP contribution in [0, 0.1) is 0 Å². The van der Waals surface area contributed by atoms with Crippen LogP contribution in [0.3, 0.4) is 0 Å². The lowest BCUT2D eigenvalue weighted by Crippen LogP contribution is -2.34. The van der Waals surface area contributed by atoms with Gasteiger partial charge in [-0.3, -0.25) is 14.3 Å². The topological polar surface area (TPSA) is 106 Å². The zero-order valence-corrected chi connectivity index (χ0v) is 17.0. The van der Waals surface area contributed by atoms with E-state index in [1.807, 2.05) is 30.3 Å². The molecule has 0 saturated heterocycles. The van der Waals surface area contributed by atoms with E-state index >= 15 is 0 Å². The second kappa shape index (κ2) is 9.13. The molecule has 2 aromatic carbocycles. The molecule has 1 aromatic heterocycles. The number of ether oxygens (including phenoxy) is 2. The standard InChI is InChI=1S/C22H23N3O5/c1-4-16(23-17-12-15(29-2)10-11-18(17)30-3)19-20(26)24-22(28)25(21(19)27)13-14-8-6-5-7-9-14/h5-12,27H,4,13H2,1-3H3,(H,24,26,28). The van der Waals surface area contributed by atoms with Crippen molar-refractivity contribution < 1.29 is 14.6 Å². The van der Waals surface area contributed by atoms with Crippen LogP contribution in [0.5, 0.6) is 17.4 Å². The third-order valence-corrected chi connectivity index (χ3v) is 4.62. The SMILES string of the molecule is CCC(=Nc1cc(OC)ccc1OC)c1c(O)n(Cc2ccccc2)c(=O)[nH]c1=O. The first kappa shape index (κ1) is 20.9.